The van der Waals surface area contributed by atoms with Gasteiger partial charge in [-0.25, -0.2) is 0 Å². The van der Waals surface area contributed by atoms with Crippen molar-refractivity contribution in [3.05, 3.63) is 64.2 Å². The van der Waals surface area contributed by atoms with Gasteiger partial charge < -0.3 is 4.90 Å². The van der Waals surface area contributed by atoms with Gasteiger partial charge in [0.2, 0.25) is 0 Å². The molecule has 106 valence electrons. The van der Waals surface area contributed by atoms with Gasteiger partial charge in [0.1, 0.15) is 0 Å². The Morgan fingerprint density at radius 2 is 1.95 bits per heavy atom. The molecule has 0 N–H and O–H groups in total. The number of benzene rings is 2. The van der Waals surface area contributed by atoms with Crippen LogP contribution < -0.4 is 4.90 Å². The van der Waals surface area contributed by atoms with E-state index in [0.29, 0.717) is 0 Å². The minimum Gasteiger partial charge on any atom is -0.368 e. The molecule has 0 radical (unpaired) electrons. The first-order valence-electron chi connectivity index (χ1n) is 6.66. The number of hydrogen-bond acceptors (Lipinski definition) is 1. The zero-order valence-corrected chi connectivity index (χ0v) is 14.4. The second kappa shape index (κ2) is 6.64. The fourth-order valence-corrected chi connectivity index (χ4v) is 2.94. The molecule has 1 atom stereocenters. The van der Waals surface area contributed by atoms with Crippen LogP contribution in [0.5, 0.6) is 0 Å². The van der Waals surface area contributed by atoms with Gasteiger partial charge in [-0.1, -0.05) is 51.8 Å². The van der Waals surface area contributed by atoms with Crippen LogP contribution in [0.1, 0.15) is 29.7 Å². The zero-order valence-electron chi connectivity index (χ0n) is 12.0. The highest BCUT2D eigenvalue weighted by atomic mass is 79.9. The Morgan fingerprint density at radius 1 is 1.20 bits per heavy atom. The first kappa shape index (κ1) is 15.4. The summed E-state index contributed by atoms with van der Waals surface area (Å²) in [6.45, 7) is 4.35. The molecule has 3 heteroatoms. The molecule has 0 saturated heterocycles. The lowest BCUT2D eigenvalue weighted by Crippen LogP contribution is -2.22. The third-order valence-corrected chi connectivity index (χ3v) is 4.59. The summed E-state index contributed by atoms with van der Waals surface area (Å²) in [7, 11) is 2.13. The summed E-state index contributed by atoms with van der Waals surface area (Å²) in [6.07, 6.45) is 0. The lowest BCUT2D eigenvalue weighted by molar-refractivity contribution is 0.737. The van der Waals surface area contributed by atoms with Crippen molar-refractivity contribution in [3.8, 4) is 0 Å². The highest BCUT2D eigenvalue weighted by Gasteiger charge is 2.14. The number of nitrogens with zero attached hydrogens (tertiary/aromatic N) is 1. The van der Waals surface area contributed by atoms with Crippen molar-refractivity contribution in [1.82, 2.24) is 0 Å². The molecule has 0 spiro atoms. The Bertz CT molecular complexity index is 597. The standard InChI is InChI=1S/C17H19BrClN/c1-12-9-14(11-18)7-8-17(12)20(3)13(2)15-5-4-6-16(19)10-15/h4-10,13H,11H2,1-3H3. The third kappa shape index (κ3) is 3.36. The number of rotatable bonds is 4. The van der Waals surface area contributed by atoms with Crippen molar-refractivity contribution in [2.75, 3.05) is 11.9 Å². The SMILES string of the molecule is Cc1cc(CBr)ccc1N(C)C(C)c1cccc(Cl)c1. The number of aryl methyl sites for hydroxylation is 1. The Balaban J connectivity index is 2.28. The molecule has 0 heterocycles. The minimum atomic E-state index is 0.280. The maximum absolute atomic E-state index is 6.09. The molecule has 0 bridgehead atoms. The predicted octanol–water partition coefficient (Wildman–Crippen LogP) is 5.74. The van der Waals surface area contributed by atoms with E-state index in [4.69, 9.17) is 11.6 Å². The summed E-state index contributed by atoms with van der Waals surface area (Å²) in [5.41, 5.74) is 5.07. The first-order chi connectivity index (χ1) is 9.52. The highest BCUT2D eigenvalue weighted by Crippen LogP contribution is 2.29. The molecule has 0 saturated carbocycles. The quantitative estimate of drug-likeness (QED) is 0.634. The molecule has 2 aromatic rings. The van der Waals surface area contributed by atoms with E-state index in [9.17, 15) is 0 Å². The first-order valence-corrected chi connectivity index (χ1v) is 8.16. The maximum Gasteiger partial charge on any atom is 0.0511 e. The van der Waals surface area contributed by atoms with Gasteiger partial charge in [0.25, 0.3) is 0 Å². The van der Waals surface area contributed by atoms with E-state index in [1.54, 1.807) is 0 Å². The van der Waals surface area contributed by atoms with Crippen LogP contribution in [0, 0.1) is 6.92 Å². The smallest absolute Gasteiger partial charge is 0.0511 e. The molecule has 0 aromatic heterocycles. The molecule has 2 aromatic carbocycles. The number of alkyl halides is 1. The molecule has 1 unspecified atom stereocenters. The van der Waals surface area contributed by atoms with Gasteiger partial charge in [0.05, 0.1) is 6.04 Å². The predicted molar refractivity (Wildman–Crippen MR) is 92.1 cm³/mol. The summed E-state index contributed by atoms with van der Waals surface area (Å²) >= 11 is 9.59. The van der Waals surface area contributed by atoms with Crippen LogP contribution in [0.15, 0.2) is 42.5 Å². The van der Waals surface area contributed by atoms with Gasteiger partial charge >= 0.3 is 0 Å². The molecular weight excluding hydrogens is 334 g/mol. The van der Waals surface area contributed by atoms with E-state index in [-0.39, 0.29) is 6.04 Å². The normalized spacial score (nSPS) is 12.2. The fraction of sp³-hybridized carbons (Fsp3) is 0.294. The van der Waals surface area contributed by atoms with Crippen molar-refractivity contribution in [2.24, 2.45) is 0 Å². The van der Waals surface area contributed by atoms with Crippen LogP contribution >= 0.6 is 27.5 Å². The van der Waals surface area contributed by atoms with Crippen molar-refractivity contribution < 1.29 is 0 Å². The monoisotopic (exact) mass is 351 g/mol. The Hall–Kier alpha value is -0.990. The largest absolute Gasteiger partial charge is 0.368 e. The van der Waals surface area contributed by atoms with E-state index >= 15 is 0 Å². The summed E-state index contributed by atoms with van der Waals surface area (Å²) in [5, 5.41) is 1.68. The van der Waals surface area contributed by atoms with E-state index in [1.165, 1.54) is 22.4 Å². The van der Waals surface area contributed by atoms with Crippen molar-refractivity contribution in [2.45, 2.75) is 25.2 Å². The maximum atomic E-state index is 6.09. The lowest BCUT2D eigenvalue weighted by Gasteiger charge is -2.29. The molecule has 1 nitrogen and oxygen atoms in total. The minimum absolute atomic E-state index is 0.280. The van der Waals surface area contributed by atoms with E-state index in [2.05, 4.69) is 66.0 Å². The number of hydrogen-bond donors (Lipinski definition) is 0. The summed E-state index contributed by atoms with van der Waals surface area (Å²) in [6, 6.07) is 14.9. The molecule has 0 amide bonds. The Kier molecular flexibility index (Phi) is 5.11. The summed E-state index contributed by atoms with van der Waals surface area (Å²) in [5.74, 6) is 0. The van der Waals surface area contributed by atoms with Crippen LogP contribution in [0.2, 0.25) is 5.02 Å². The van der Waals surface area contributed by atoms with Crippen molar-refractivity contribution in [1.29, 1.82) is 0 Å². The third-order valence-electron chi connectivity index (χ3n) is 3.71. The number of halogens is 2. The van der Waals surface area contributed by atoms with Gasteiger partial charge in [-0.05, 0) is 48.7 Å². The Morgan fingerprint density at radius 3 is 2.55 bits per heavy atom. The molecule has 2 rings (SSSR count). The van der Waals surface area contributed by atoms with Crippen LogP contribution in [-0.4, -0.2) is 7.05 Å². The summed E-state index contributed by atoms with van der Waals surface area (Å²) < 4.78 is 0. The van der Waals surface area contributed by atoms with Crippen LogP contribution in [0.25, 0.3) is 0 Å². The molecule has 0 aliphatic heterocycles. The van der Waals surface area contributed by atoms with Crippen LogP contribution in [0.3, 0.4) is 0 Å². The Labute approximate surface area is 134 Å². The lowest BCUT2D eigenvalue weighted by atomic mass is 10.0. The van der Waals surface area contributed by atoms with Crippen LogP contribution in [-0.2, 0) is 5.33 Å². The molecule has 0 fully saturated rings. The van der Waals surface area contributed by atoms with Gasteiger partial charge in [0, 0.05) is 23.1 Å². The highest BCUT2D eigenvalue weighted by molar-refractivity contribution is 9.08. The van der Waals surface area contributed by atoms with Gasteiger partial charge in [0.15, 0.2) is 0 Å². The van der Waals surface area contributed by atoms with E-state index < -0.39 is 0 Å². The number of anilines is 1. The summed E-state index contributed by atoms with van der Waals surface area (Å²) in [4.78, 5) is 2.29. The second-order valence-corrected chi connectivity index (χ2v) is 6.09. The average molecular weight is 353 g/mol. The zero-order chi connectivity index (χ0) is 14.7. The molecule has 0 aliphatic rings. The van der Waals surface area contributed by atoms with E-state index in [0.717, 1.165) is 10.4 Å². The van der Waals surface area contributed by atoms with Crippen molar-refractivity contribution >= 4 is 33.2 Å². The van der Waals surface area contributed by atoms with Crippen LogP contribution in [0.4, 0.5) is 5.69 Å². The van der Waals surface area contributed by atoms with Gasteiger partial charge in [-0.2, -0.15) is 0 Å². The average Bonchev–Trinajstić information content (AvgIpc) is 2.45. The topological polar surface area (TPSA) is 3.24 Å². The van der Waals surface area contributed by atoms with Crippen molar-refractivity contribution in [3.63, 3.8) is 0 Å². The second-order valence-electron chi connectivity index (χ2n) is 5.10. The fourth-order valence-electron chi connectivity index (χ4n) is 2.40. The van der Waals surface area contributed by atoms with E-state index in [1.807, 2.05) is 18.2 Å². The molecular formula is C17H19BrClN. The van der Waals surface area contributed by atoms with Gasteiger partial charge in [-0.3, -0.25) is 0 Å². The molecule has 0 aliphatic carbocycles. The molecule has 20 heavy (non-hydrogen) atoms. The van der Waals surface area contributed by atoms with Gasteiger partial charge in [-0.15, -0.1) is 0 Å².